The van der Waals surface area contributed by atoms with Gasteiger partial charge >= 0.3 is 5.97 Å². The van der Waals surface area contributed by atoms with E-state index in [1.54, 1.807) is 6.07 Å². The molecule has 0 aliphatic rings. The van der Waals surface area contributed by atoms with Crippen LogP contribution in [0.5, 0.6) is 0 Å². The van der Waals surface area contributed by atoms with E-state index >= 15 is 0 Å². The Kier molecular flexibility index (Phi) is 3.26. The van der Waals surface area contributed by atoms with E-state index in [9.17, 15) is 4.79 Å². The number of anilines is 1. The maximum absolute atomic E-state index is 11.5. The molecule has 0 fully saturated rings. The van der Waals surface area contributed by atoms with Crippen LogP contribution in [-0.2, 0) is 4.74 Å². The molecule has 0 amide bonds. The van der Waals surface area contributed by atoms with Crippen LogP contribution in [0.4, 0.5) is 5.69 Å². The number of rotatable bonds is 2. The summed E-state index contributed by atoms with van der Waals surface area (Å²) in [6.45, 7) is 1.85. The van der Waals surface area contributed by atoms with Crippen LogP contribution in [0.1, 0.15) is 15.2 Å². The van der Waals surface area contributed by atoms with Crippen LogP contribution < -0.4 is 5.73 Å². The Morgan fingerprint density at radius 1 is 1.53 bits per heavy atom. The monoisotopic (exact) mass is 315 g/mol. The largest absolute Gasteiger partial charge is 0.465 e. The molecule has 0 aliphatic heterocycles. The summed E-state index contributed by atoms with van der Waals surface area (Å²) in [4.78, 5) is 12.8. The van der Waals surface area contributed by atoms with Gasteiger partial charge in [0.25, 0.3) is 0 Å². The van der Waals surface area contributed by atoms with E-state index in [2.05, 4.69) is 20.7 Å². The van der Waals surface area contributed by atoms with Crippen molar-refractivity contribution in [2.24, 2.45) is 0 Å². The smallest absolute Gasteiger partial charge is 0.350 e. The van der Waals surface area contributed by atoms with Gasteiger partial charge in [-0.3, -0.25) is 0 Å². The number of methoxy groups -OCH3 is 1. The lowest BCUT2D eigenvalue weighted by atomic mass is 10.2. The zero-order valence-corrected chi connectivity index (χ0v) is 11.6. The number of halogens is 1. The molecule has 2 rings (SSSR count). The van der Waals surface area contributed by atoms with Crippen molar-refractivity contribution in [2.75, 3.05) is 12.8 Å². The molecule has 0 bridgehead atoms. The van der Waals surface area contributed by atoms with Gasteiger partial charge in [0.15, 0.2) is 4.67 Å². The van der Waals surface area contributed by atoms with Crippen molar-refractivity contribution in [1.82, 2.24) is 0 Å². The molecular weight excluding hydrogens is 306 g/mol. The van der Waals surface area contributed by atoms with Gasteiger partial charge < -0.3 is 14.9 Å². The minimum atomic E-state index is -0.424. The Morgan fingerprint density at radius 2 is 2.24 bits per heavy atom. The lowest BCUT2D eigenvalue weighted by Gasteiger charge is -1.96. The number of carbonyl (C=O) groups excluding carboxylic acids is 1. The van der Waals surface area contributed by atoms with Crippen molar-refractivity contribution in [2.45, 2.75) is 6.92 Å². The number of furan rings is 1. The molecule has 90 valence electrons. The van der Waals surface area contributed by atoms with Crippen molar-refractivity contribution in [1.29, 1.82) is 0 Å². The van der Waals surface area contributed by atoms with Gasteiger partial charge in [-0.1, -0.05) is 0 Å². The second-order valence-electron chi connectivity index (χ2n) is 3.39. The molecule has 2 heterocycles. The molecule has 6 heteroatoms. The molecule has 4 nitrogen and oxygen atoms in total. The minimum absolute atomic E-state index is 0.410. The number of nitrogen functional groups attached to an aromatic ring is 1. The maximum Gasteiger partial charge on any atom is 0.350 e. The highest BCUT2D eigenvalue weighted by atomic mass is 79.9. The maximum atomic E-state index is 11.5. The summed E-state index contributed by atoms with van der Waals surface area (Å²) >= 11 is 4.51. The average Bonchev–Trinajstić information content (AvgIpc) is 2.85. The second-order valence-corrected chi connectivity index (χ2v) is 5.20. The summed E-state index contributed by atoms with van der Waals surface area (Å²) < 4.78 is 10.8. The Labute approximate surface area is 111 Å². The van der Waals surface area contributed by atoms with Crippen LogP contribution in [0.3, 0.4) is 0 Å². The second kappa shape index (κ2) is 4.54. The fourth-order valence-corrected chi connectivity index (χ4v) is 2.86. The van der Waals surface area contributed by atoms with E-state index in [0.717, 1.165) is 10.4 Å². The van der Waals surface area contributed by atoms with Crippen LogP contribution in [-0.4, -0.2) is 13.1 Å². The summed E-state index contributed by atoms with van der Waals surface area (Å²) in [6, 6.07) is 3.62. The summed E-state index contributed by atoms with van der Waals surface area (Å²) in [5.74, 6) is 0.258. The Bertz CT molecular complexity index is 573. The van der Waals surface area contributed by atoms with Crippen molar-refractivity contribution in [3.8, 4) is 10.6 Å². The SMILES string of the molecule is COC(=O)c1sc(-c2ccc(Br)o2)c(C)c1N. The molecule has 2 N–H and O–H groups in total. The first-order chi connectivity index (χ1) is 8.04. The third-order valence-electron chi connectivity index (χ3n) is 2.36. The highest BCUT2D eigenvalue weighted by Gasteiger charge is 2.21. The fourth-order valence-electron chi connectivity index (χ4n) is 1.44. The highest BCUT2D eigenvalue weighted by molar-refractivity contribution is 9.10. The number of ether oxygens (including phenoxy) is 1. The third kappa shape index (κ3) is 2.10. The zero-order chi connectivity index (χ0) is 12.6. The van der Waals surface area contributed by atoms with E-state index in [4.69, 9.17) is 10.2 Å². The number of nitrogens with two attached hydrogens (primary N) is 1. The van der Waals surface area contributed by atoms with Crippen LogP contribution in [0.15, 0.2) is 21.2 Å². The van der Waals surface area contributed by atoms with Gasteiger partial charge in [-0.2, -0.15) is 0 Å². The molecule has 0 aliphatic carbocycles. The number of carbonyl (C=O) groups is 1. The van der Waals surface area contributed by atoms with E-state index in [0.29, 0.717) is 21.0 Å². The standard InChI is InChI=1S/C11H10BrNO3S/c1-5-8(13)10(11(14)15-2)17-9(5)6-3-4-7(12)16-6/h3-4H,13H2,1-2H3. The van der Waals surface area contributed by atoms with Crippen LogP contribution in [0.2, 0.25) is 0 Å². The van der Waals surface area contributed by atoms with Gasteiger partial charge in [-0.25, -0.2) is 4.79 Å². The minimum Gasteiger partial charge on any atom is -0.465 e. The van der Waals surface area contributed by atoms with E-state index < -0.39 is 5.97 Å². The predicted molar refractivity (Wildman–Crippen MR) is 70.2 cm³/mol. The summed E-state index contributed by atoms with van der Waals surface area (Å²) in [7, 11) is 1.33. The molecule has 0 radical (unpaired) electrons. The Balaban J connectivity index is 2.53. The van der Waals surface area contributed by atoms with Crippen molar-refractivity contribution in [3.63, 3.8) is 0 Å². The van der Waals surface area contributed by atoms with Gasteiger partial charge in [-0.15, -0.1) is 11.3 Å². The van der Waals surface area contributed by atoms with Gasteiger partial charge in [0.05, 0.1) is 17.7 Å². The van der Waals surface area contributed by atoms with E-state index in [-0.39, 0.29) is 0 Å². The topological polar surface area (TPSA) is 65.5 Å². The first-order valence-corrected chi connectivity index (χ1v) is 6.38. The average molecular weight is 316 g/mol. The van der Waals surface area contributed by atoms with Crippen molar-refractivity contribution >= 4 is 38.9 Å². The number of esters is 1. The molecule has 2 aromatic rings. The lowest BCUT2D eigenvalue weighted by molar-refractivity contribution is 0.0607. The zero-order valence-electron chi connectivity index (χ0n) is 9.24. The van der Waals surface area contributed by atoms with Gasteiger partial charge in [0, 0.05) is 0 Å². The fraction of sp³-hybridized carbons (Fsp3) is 0.182. The first-order valence-electron chi connectivity index (χ1n) is 4.77. The summed E-state index contributed by atoms with van der Waals surface area (Å²) in [6.07, 6.45) is 0. The lowest BCUT2D eigenvalue weighted by Crippen LogP contribution is -2.01. The number of thiophene rings is 1. The molecule has 0 unspecified atom stereocenters. The van der Waals surface area contributed by atoms with Crippen LogP contribution in [0.25, 0.3) is 10.6 Å². The van der Waals surface area contributed by atoms with Crippen molar-refractivity contribution in [3.05, 3.63) is 27.2 Å². The molecule has 0 spiro atoms. The number of hydrogen-bond acceptors (Lipinski definition) is 5. The Morgan fingerprint density at radius 3 is 2.76 bits per heavy atom. The Hall–Kier alpha value is -1.27. The first kappa shape index (κ1) is 12.2. The van der Waals surface area contributed by atoms with Crippen LogP contribution >= 0.6 is 27.3 Å². The van der Waals surface area contributed by atoms with Gasteiger partial charge in [0.2, 0.25) is 0 Å². The van der Waals surface area contributed by atoms with Gasteiger partial charge in [-0.05, 0) is 40.5 Å². The molecule has 0 saturated heterocycles. The number of hydrogen-bond donors (Lipinski definition) is 1. The van der Waals surface area contributed by atoms with Crippen LogP contribution in [0, 0.1) is 6.92 Å². The van der Waals surface area contributed by atoms with Crippen molar-refractivity contribution < 1.29 is 13.9 Å². The highest BCUT2D eigenvalue weighted by Crippen LogP contribution is 2.39. The molecular formula is C11H10BrNO3S. The third-order valence-corrected chi connectivity index (χ3v) is 4.09. The van der Waals surface area contributed by atoms with Gasteiger partial charge in [0.1, 0.15) is 10.6 Å². The molecule has 0 atom stereocenters. The van der Waals surface area contributed by atoms with E-state index in [1.807, 2.05) is 13.0 Å². The predicted octanol–water partition coefficient (Wildman–Crippen LogP) is 3.45. The quantitative estimate of drug-likeness (QED) is 0.862. The normalized spacial score (nSPS) is 10.5. The molecule has 0 saturated carbocycles. The summed E-state index contributed by atoms with van der Waals surface area (Å²) in [5.41, 5.74) is 7.16. The molecule has 17 heavy (non-hydrogen) atoms. The summed E-state index contributed by atoms with van der Waals surface area (Å²) in [5, 5.41) is 0. The molecule has 0 aromatic carbocycles. The molecule has 2 aromatic heterocycles. The van der Waals surface area contributed by atoms with E-state index in [1.165, 1.54) is 18.4 Å².